The summed E-state index contributed by atoms with van der Waals surface area (Å²) < 4.78 is 4.75. The first-order valence-electron chi connectivity index (χ1n) is 2.97. The maximum Gasteiger partial charge on any atom is 0.308 e. The van der Waals surface area contributed by atoms with Gasteiger partial charge in [-0.25, -0.2) is 0 Å². The number of carbonyl (C=O) groups excluding carboxylic acids is 1. The standard InChI is InChI=1S/C6H10O2.Li/c1-5-3-2-4-8-6(5)7;/h5H,2-4H2,1H3;/t5-;/m1./s1. The third-order valence-corrected chi connectivity index (χ3v) is 1.43. The van der Waals surface area contributed by atoms with Crippen molar-refractivity contribution in [2.45, 2.75) is 19.8 Å². The molecule has 1 rings (SSSR count). The molecule has 0 unspecified atom stereocenters. The largest absolute Gasteiger partial charge is 0.465 e. The average Bonchev–Trinajstić information content (AvgIpc) is 1.77. The van der Waals surface area contributed by atoms with Crippen molar-refractivity contribution < 1.29 is 9.53 Å². The van der Waals surface area contributed by atoms with Crippen LogP contribution >= 0.6 is 0 Å². The zero-order valence-electron chi connectivity index (χ0n) is 6.02. The van der Waals surface area contributed by atoms with Crippen LogP contribution in [0.4, 0.5) is 0 Å². The van der Waals surface area contributed by atoms with Crippen LogP contribution in [-0.2, 0) is 9.53 Å². The molecule has 3 heteroatoms. The number of hydrogen-bond donors (Lipinski definition) is 0. The number of carbonyl (C=O) groups is 1. The molecule has 0 aromatic rings. The minimum Gasteiger partial charge on any atom is -0.465 e. The topological polar surface area (TPSA) is 26.3 Å². The molecule has 0 aromatic heterocycles. The molecule has 1 fully saturated rings. The van der Waals surface area contributed by atoms with Gasteiger partial charge in [0.15, 0.2) is 0 Å². The zero-order chi connectivity index (χ0) is 5.98. The Hall–Kier alpha value is 0.0674. The molecule has 1 aliphatic rings. The van der Waals surface area contributed by atoms with Gasteiger partial charge >= 0.3 is 5.97 Å². The summed E-state index contributed by atoms with van der Waals surface area (Å²) in [6.07, 6.45) is 2.03. The van der Waals surface area contributed by atoms with E-state index in [4.69, 9.17) is 4.74 Å². The molecule has 0 spiro atoms. The molecule has 1 saturated heterocycles. The monoisotopic (exact) mass is 121 g/mol. The van der Waals surface area contributed by atoms with Crippen LogP contribution in [0.3, 0.4) is 0 Å². The van der Waals surface area contributed by atoms with Gasteiger partial charge in [0, 0.05) is 18.9 Å². The van der Waals surface area contributed by atoms with Crippen LogP contribution in [0, 0.1) is 5.92 Å². The Morgan fingerprint density at radius 1 is 1.67 bits per heavy atom. The summed E-state index contributed by atoms with van der Waals surface area (Å²) in [4.78, 5) is 10.6. The first-order chi connectivity index (χ1) is 3.80. The van der Waals surface area contributed by atoms with E-state index in [0.29, 0.717) is 6.61 Å². The fraction of sp³-hybridized carbons (Fsp3) is 0.833. The quantitative estimate of drug-likeness (QED) is 0.346. The van der Waals surface area contributed by atoms with E-state index in [-0.39, 0.29) is 30.7 Å². The van der Waals surface area contributed by atoms with E-state index >= 15 is 0 Å². The maximum atomic E-state index is 10.6. The van der Waals surface area contributed by atoms with Crippen LogP contribution in [0.1, 0.15) is 19.8 Å². The first-order valence-corrected chi connectivity index (χ1v) is 2.97. The normalized spacial score (nSPS) is 26.3. The second-order valence-corrected chi connectivity index (χ2v) is 2.21. The Morgan fingerprint density at radius 3 is 2.67 bits per heavy atom. The fourth-order valence-corrected chi connectivity index (χ4v) is 0.822. The number of rotatable bonds is 0. The van der Waals surface area contributed by atoms with Crippen LogP contribution in [-0.4, -0.2) is 31.4 Å². The molecular formula is C6H10LiO2. The Morgan fingerprint density at radius 2 is 2.33 bits per heavy atom. The first kappa shape index (κ1) is 9.07. The SMILES string of the molecule is C[C@@H]1CCCOC1=O.[Li]. The fourth-order valence-electron chi connectivity index (χ4n) is 0.822. The van der Waals surface area contributed by atoms with E-state index < -0.39 is 0 Å². The van der Waals surface area contributed by atoms with Gasteiger partial charge in [0.25, 0.3) is 0 Å². The van der Waals surface area contributed by atoms with E-state index in [0.717, 1.165) is 12.8 Å². The van der Waals surface area contributed by atoms with Crippen molar-refractivity contribution in [3.8, 4) is 0 Å². The van der Waals surface area contributed by atoms with Gasteiger partial charge in [-0.1, -0.05) is 6.92 Å². The summed E-state index contributed by atoms with van der Waals surface area (Å²) in [5.74, 6) is 0.111. The molecule has 1 atom stereocenters. The maximum absolute atomic E-state index is 10.6. The van der Waals surface area contributed by atoms with Crippen LogP contribution < -0.4 is 0 Å². The van der Waals surface area contributed by atoms with Gasteiger partial charge in [-0.2, -0.15) is 0 Å². The van der Waals surface area contributed by atoms with Crippen LogP contribution in [0.5, 0.6) is 0 Å². The second kappa shape index (κ2) is 3.98. The number of hydrogen-bond acceptors (Lipinski definition) is 2. The van der Waals surface area contributed by atoms with Crippen LogP contribution in [0.2, 0.25) is 0 Å². The molecule has 0 aromatic carbocycles. The van der Waals surface area contributed by atoms with Crippen LogP contribution in [0.25, 0.3) is 0 Å². The Labute approximate surface area is 67.1 Å². The van der Waals surface area contributed by atoms with Crippen LogP contribution in [0.15, 0.2) is 0 Å². The van der Waals surface area contributed by atoms with Crippen molar-refractivity contribution in [1.29, 1.82) is 0 Å². The number of cyclic esters (lactones) is 1. The molecule has 47 valence electrons. The third kappa shape index (κ3) is 2.42. The van der Waals surface area contributed by atoms with Gasteiger partial charge in [-0.05, 0) is 12.8 Å². The summed E-state index contributed by atoms with van der Waals surface area (Å²) >= 11 is 0. The molecule has 0 N–H and O–H groups in total. The Kier molecular flexibility index (Phi) is 4.01. The molecule has 2 nitrogen and oxygen atoms in total. The summed E-state index contributed by atoms with van der Waals surface area (Å²) in [6.45, 7) is 2.53. The smallest absolute Gasteiger partial charge is 0.308 e. The molecule has 1 heterocycles. The van der Waals surface area contributed by atoms with Gasteiger partial charge in [-0.3, -0.25) is 4.79 Å². The summed E-state index contributed by atoms with van der Waals surface area (Å²) in [6, 6.07) is 0. The van der Waals surface area contributed by atoms with Crippen molar-refractivity contribution in [2.75, 3.05) is 6.61 Å². The summed E-state index contributed by atoms with van der Waals surface area (Å²) in [5.41, 5.74) is 0. The molecule has 1 aliphatic heterocycles. The average molecular weight is 121 g/mol. The number of ether oxygens (including phenoxy) is 1. The van der Waals surface area contributed by atoms with E-state index in [2.05, 4.69) is 0 Å². The predicted octanol–water partition coefficient (Wildman–Crippen LogP) is 0.579. The Bertz CT molecular complexity index is 103. The van der Waals surface area contributed by atoms with Crippen molar-refractivity contribution in [1.82, 2.24) is 0 Å². The second-order valence-electron chi connectivity index (χ2n) is 2.21. The van der Waals surface area contributed by atoms with Crippen molar-refractivity contribution in [2.24, 2.45) is 5.92 Å². The predicted molar refractivity (Wildman–Crippen MR) is 35.1 cm³/mol. The van der Waals surface area contributed by atoms with Gasteiger partial charge in [0.2, 0.25) is 0 Å². The van der Waals surface area contributed by atoms with Crippen molar-refractivity contribution >= 4 is 24.8 Å². The zero-order valence-corrected chi connectivity index (χ0v) is 6.02. The molecule has 0 aliphatic carbocycles. The summed E-state index contributed by atoms with van der Waals surface area (Å²) in [7, 11) is 0. The minimum absolute atomic E-state index is 0. The number of esters is 1. The van der Waals surface area contributed by atoms with E-state index in [1.54, 1.807) is 0 Å². The molecule has 0 saturated carbocycles. The molecular weight excluding hydrogens is 111 g/mol. The van der Waals surface area contributed by atoms with E-state index in [1.807, 2.05) is 6.92 Å². The third-order valence-electron chi connectivity index (χ3n) is 1.43. The van der Waals surface area contributed by atoms with E-state index in [1.165, 1.54) is 0 Å². The molecule has 0 bridgehead atoms. The molecule has 0 amide bonds. The molecule has 9 heavy (non-hydrogen) atoms. The van der Waals surface area contributed by atoms with Crippen molar-refractivity contribution in [3.63, 3.8) is 0 Å². The minimum atomic E-state index is -0.0312. The Balaban J connectivity index is 0.000000640. The van der Waals surface area contributed by atoms with Crippen molar-refractivity contribution in [3.05, 3.63) is 0 Å². The molecule has 1 radical (unpaired) electrons. The van der Waals surface area contributed by atoms with Gasteiger partial charge < -0.3 is 4.74 Å². The van der Waals surface area contributed by atoms with Gasteiger partial charge in [0.05, 0.1) is 12.5 Å². The summed E-state index contributed by atoms with van der Waals surface area (Å²) in [5, 5.41) is 0. The van der Waals surface area contributed by atoms with Gasteiger partial charge in [-0.15, -0.1) is 0 Å². The van der Waals surface area contributed by atoms with E-state index in [9.17, 15) is 4.79 Å². The van der Waals surface area contributed by atoms with Gasteiger partial charge in [0.1, 0.15) is 0 Å².